The van der Waals surface area contributed by atoms with Gasteiger partial charge in [-0.2, -0.15) is 0 Å². The molecule has 0 radical (unpaired) electrons. The minimum absolute atomic E-state index is 0.397. The van der Waals surface area contributed by atoms with Gasteiger partial charge in [0.05, 0.1) is 6.04 Å². The van der Waals surface area contributed by atoms with Crippen molar-refractivity contribution in [1.29, 1.82) is 0 Å². The number of benzene rings is 2. The summed E-state index contributed by atoms with van der Waals surface area (Å²) in [7, 11) is 0. The van der Waals surface area contributed by atoms with Crippen molar-refractivity contribution >= 4 is 0 Å². The molecule has 0 amide bonds. The van der Waals surface area contributed by atoms with Crippen LogP contribution in [0.25, 0.3) is 0 Å². The van der Waals surface area contributed by atoms with E-state index in [1.165, 1.54) is 17.7 Å². The van der Waals surface area contributed by atoms with Gasteiger partial charge in [-0.05, 0) is 24.0 Å². The van der Waals surface area contributed by atoms with Crippen LogP contribution in [0.3, 0.4) is 0 Å². The molecule has 1 heteroatoms. The highest BCUT2D eigenvalue weighted by atomic mass is 15.2. The fourth-order valence-electron chi connectivity index (χ4n) is 3.03. The lowest BCUT2D eigenvalue weighted by atomic mass is 9.85. The molecular formula is C18H21N. The van der Waals surface area contributed by atoms with E-state index in [1.54, 1.807) is 0 Å². The van der Waals surface area contributed by atoms with Gasteiger partial charge >= 0.3 is 0 Å². The Kier molecular flexibility index (Phi) is 3.39. The first-order chi connectivity index (χ1) is 9.27. The molecule has 1 saturated heterocycles. The first-order valence-corrected chi connectivity index (χ1v) is 7.13. The second kappa shape index (κ2) is 5.18. The summed E-state index contributed by atoms with van der Waals surface area (Å²) in [5, 5.41) is 0. The Labute approximate surface area is 115 Å². The summed E-state index contributed by atoms with van der Waals surface area (Å²) in [5.41, 5.74) is 2.79. The standard InChI is InChI=1S/C18H21N/c1-14-13-19(15(14)2)18(16-9-5-3-6-10-16)17-11-7-4-8-12-17/h3-12,14-15,18H,13H2,1-2H3/t14-,15+/m0/s1. The maximum absolute atomic E-state index is 2.61. The molecule has 98 valence electrons. The van der Waals surface area contributed by atoms with E-state index in [-0.39, 0.29) is 0 Å². The molecule has 2 aromatic carbocycles. The van der Waals surface area contributed by atoms with Crippen LogP contribution in [0.15, 0.2) is 60.7 Å². The minimum atomic E-state index is 0.397. The highest BCUT2D eigenvalue weighted by molar-refractivity contribution is 5.32. The Balaban J connectivity index is 1.97. The fourth-order valence-corrected chi connectivity index (χ4v) is 3.03. The molecule has 0 aromatic heterocycles. The summed E-state index contributed by atoms with van der Waals surface area (Å²) in [6.45, 7) is 5.87. The SMILES string of the molecule is C[C@@H]1[C@@H](C)CN1C(c1ccccc1)c1ccccc1. The third-order valence-corrected chi connectivity index (χ3v) is 4.41. The molecule has 2 aromatic rings. The second-order valence-electron chi connectivity index (χ2n) is 5.64. The summed E-state index contributed by atoms with van der Waals surface area (Å²) >= 11 is 0. The lowest BCUT2D eigenvalue weighted by molar-refractivity contribution is 0.0101. The number of nitrogens with zero attached hydrogens (tertiary/aromatic N) is 1. The average Bonchev–Trinajstić information content (AvgIpc) is 2.49. The van der Waals surface area contributed by atoms with Crippen LogP contribution in [0, 0.1) is 5.92 Å². The zero-order valence-electron chi connectivity index (χ0n) is 11.7. The zero-order chi connectivity index (χ0) is 13.2. The molecule has 19 heavy (non-hydrogen) atoms. The van der Waals surface area contributed by atoms with E-state index in [0.29, 0.717) is 12.1 Å². The van der Waals surface area contributed by atoms with Gasteiger partial charge in [-0.15, -0.1) is 0 Å². The number of hydrogen-bond acceptors (Lipinski definition) is 1. The van der Waals surface area contributed by atoms with Gasteiger partial charge in [0.25, 0.3) is 0 Å². The topological polar surface area (TPSA) is 3.24 Å². The fraction of sp³-hybridized carbons (Fsp3) is 0.333. The predicted molar refractivity (Wildman–Crippen MR) is 80.1 cm³/mol. The Morgan fingerprint density at radius 1 is 0.842 bits per heavy atom. The minimum Gasteiger partial charge on any atom is -0.289 e. The molecule has 0 bridgehead atoms. The van der Waals surface area contributed by atoms with Crippen LogP contribution >= 0.6 is 0 Å². The van der Waals surface area contributed by atoms with Crippen molar-refractivity contribution in [2.24, 2.45) is 5.92 Å². The summed E-state index contributed by atoms with van der Waals surface area (Å²) in [5.74, 6) is 0.801. The smallest absolute Gasteiger partial charge is 0.0604 e. The number of likely N-dealkylation sites (tertiary alicyclic amines) is 1. The van der Waals surface area contributed by atoms with E-state index >= 15 is 0 Å². The molecule has 0 aliphatic carbocycles. The normalized spacial score (nSPS) is 23.3. The summed E-state index contributed by atoms with van der Waals surface area (Å²) in [4.78, 5) is 2.61. The molecule has 1 aliphatic rings. The van der Waals surface area contributed by atoms with Gasteiger partial charge in [0.2, 0.25) is 0 Å². The molecule has 0 spiro atoms. The van der Waals surface area contributed by atoms with Crippen molar-refractivity contribution < 1.29 is 0 Å². The molecule has 0 N–H and O–H groups in total. The maximum atomic E-state index is 2.61. The Morgan fingerprint density at radius 3 is 1.68 bits per heavy atom. The molecule has 1 fully saturated rings. The van der Waals surface area contributed by atoms with E-state index in [4.69, 9.17) is 0 Å². The lowest BCUT2D eigenvalue weighted by Gasteiger charge is -2.49. The molecule has 2 atom stereocenters. The first-order valence-electron chi connectivity index (χ1n) is 7.13. The quantitative estimate of drug-likeness (QED) is 0.793. The summed E-state index contributed by atoms with van der Waals surface area (Å²) in [6, 6.07) is 22.8. The predicted octanol–water partition coefficient (Wildman–Crippen LogP) is 4.12. The van der Waals surface area contributed by atoms with Gasteiger partial charge in [-0.1, -0.05) is 67.6 Å². The van der Waals surface area contributed by atoms with Crippen molar-refractivity contribution in [3.63, 3.8) is 0 Å². The summed E-state index contributed by atoms with van der Waals surface area (Å²) < 4.78 is 0. The van der Waals surface area contributed by atoms with E-state index < -0.39 is 0 Å². The number of rotatable bonds is 3. The van der Waals surface area contributed by atoms with Crippen LogP contribution in [0.4, 0.5) is 0 Å². The van der Waals surface area contributed by atoms with Crippen molar-refractivity contribution in [3.8, 4) is 0 Å². The molecule has 1 nitrogen and oxygen atoms in total. The average molecular weight is 251 g/mol. The van der Waals surface area contributed by atoms with Crippen molar-refractivity contribution in [1.82, 2.24) is 4.90 Å². The Hall–Kier alpha value is -1.60. The van der Waals surface area contributed by atoms with Gasteiger partial charge in [0.15, 0.2) is 0 Å². The second-order valence-corrected chi connectivity index (χ2v) is 5.64. The monoisotopic (exact) mass is 251 g/mol. The zero-order valence-corrected chi connectivity index (χ0v) is 11.7. The van der Waals surface area contributed by atoms with Crippen molar-refractivity contribution in [2.75, 3.05) is 6.54 Å². The van der Waals surface area contributed by atoms with Crippen molar-refractivity contribution in [2.45, 2.75) is 25.9 Å². The molecule has 1 heterocycles. The number of hydrogen-bond donors (Lipinski definition) is 0. The van der Waals surface area contributed by atoms with E-state index in [9.17, 15) is 0 Å². The maximum Gasteiger partial charge on any atom is 0.0604 e. The van der Waals surface area contributed by atoms with E-state index in [0.717, 1.165) is 5.92 Å². The van der Waals surface area contributed by atoms with Gasteiger partial charge in [0, 0.05) is 12.6 Å². The van der Waals surface area contributed by atoms with Gasteiger partial charge in [-0.3, -0.25) is 4.90 Å². The third kappa shape index (κ3) is 2.31. The summed E-state index contributed by atoms with van der Waals surface area (Å²) in [6.07, 6.45) is 0. The van der Waals surface area contributed by atoms with Gasteiger partial charge < -0.3 is 0 Å². The molecule has 0 saturated carbocycles. The molecular weight excluding hydrogens is 230 g/mol. The Bertz CT molecular complexity index is 480. The van der Waals surface area contributed by atoms with Crippen LogP contribution in [0.2, 0.25) is 0 Å². The molecule has 0 unspecified atom stereocenters. The highest BCUT2D eigenvalue weighted by Crippen LogP contribution is 2.37. The van der Waals surface area contributed by atoms with Crippen LogP contribution < -0.4 is 0 Å². The van der Waals surface area contributed by atoms with Gasteiger partial charge in [-0.25, -0.2) is 0 Å². The lowest BCUT2D eigenvalue weighted by Crippen LogP contribution is -2.54. The van der Waals surface area contributed by atoms with Gasteiger partial charge in [0.1, 0.15) is 0 Å². The molecule has 1 aliphatic heterocycles. The first kappa shape index (κ1) is 12.4. The van der Waals surface area contributed by atoms with E-state index in [2.05, 4.69) is 79.4 Å². The van der Waals surface area contributed by atoms with Crippen LogP contribution in [-0.2, 0) is 0 Å². The third-order valence-electron chi connectivity index (χ3n) is 4.41. The molecule has 3 rings (SSSR count). The van der Waals surface area contributed by atoms with E-state index in [1.807, 2.05) is 0 Å². The largest absolute Gasteiger partial charge is 0.289 e. The highest BCUT2D eigenvalue weighted by Gasteiger charge is 2.37. The van der Waals surface area contributed by atoms with Crippen LogP contribution in [-0.4, -0.2) is 17.5 Å². The Morgan fingerprint density at radius 2 is 1.32 bits per heavy atom. The van der Waals surface area contributed by atoms with Crippen LogP contribution in [0.1, 0.15) is 31.0 Å². The van der Waals surface area contributed by atoms with Crippen molar-refractivity contribution in [3.05, 3.63) is 71.8 Å². The van der Waals surface area contributed by atoms with Crippen LogP contribution in [0.5, 0.6) is 0 Å².